The minimum atomic E-state index is -0.976. The first-order valence-electron chi connectivity index (χ1n) is 11.7. The molecule has 0 unspecified atom stereocenters. The fourth-order valence-corrected chi connectivity index (χ4v) is 5.75. The predicted octanol–water partition coefficient (Wildman–Crippen LogP) is 5.27. The van der Waals surface area contributed by atoms with Crippen LogP contribution in [0, 0.1) is 10.1 Å². The van der Waals surface area contributed by atoms with Gasteiger partial charge in [0.1, 0.15) is 17.6 Å². The lowest BCUT2D eigenvalue weighted by atomic mass is 10.0. The molecule has 2 aromatic carbocycles. The van der Waals surface area contributed by atoms with Crippen LogP contribution in [0.5, 0.6) is 0 Å². The molecule has 4 aromatic rings. The van der Waals surface area contributed by atoms with Crippen LogP contribution >= 0.6 is 34.5 Å². The monoisotopic (exact) mass is 583 g/mol. The van der Waals surface area contributed by atoms with E-state index >= 15 is 0 Å². The fraction of sp³-hybridized carbons (Fsp3) is 0.148. The Hall–Kier alpha value is -3.99. The van der Waals surface area contributed by atoms with Gasteiger partial charge in [0, 0.05) is 27.7 Å². The summed E-state index contributed by atoms with van der Waals surface area (Å²) in [6.07, 6.45) is 1.64. The number of carbonyl (C=O) groups excluding carboxylic acids is 1. The highest BCUT2D eigenvalue weighted by molar-refractivity contribution is 7.07. The number of esters is 1. The Morgan fingerprint density at radius 1 is 1.23 bits per heavy atom. The number of nitro benzene ring substituents is 1. The Kier molecular flexibility index (Phi) is 7.26. The summed E-state index contributed by atoms with van der Waals surface area (Å²) in [7, 11) is 0. The zero-order chi connectivity index (χ0) is 27.8. The second-order valence-corrected chi connectivity index (χ2v) is 10.3. The summed E-state index contributed by atoms with van der Waals surface area (Å²) in [5.41, 5.74) is 1.10. The molecular weight excluding hydrogens is 565 g/mol. The normalized spacial score (nSPS) is 15.2. The van der Waals surface area contributed by atoms with Crippen molar-refractivity contribution in [1.29, 1.82) is 0 Å². The van der Waals surface area contributed by atoms with Crippen molar-refractivity contribution in [3.05, 3.63) is 117 Å². The van der Waals surface area contributed by atoms with Crippen molar-refractivity contribution in [2.75, 3.05) is 6.61 Å². The average Bonchev–Trinajstić information content (AvgIpc) is 3.50. The SMILES string of the molecule is CCOC(=O)C1=C(C)N=c2s/c(=C\c3ccc(Cl)cc3Cl)c(=O)n2[C@@H]1c1ccc(-c2cccc([N+](=O)[O-])c2)o1. The lowest BCUT2D eigenvalue weighted by Gasteiger charge is -2.22. The first-order valence-corrected chi connectivity index (χ1v) is 13.2. The Morgan fingerprint density at radius 3 is 2.74 bits per heavy atom. The largest absolute Gasteiger partial charge is 0.463 e. The lowest BCUT2D eigenvalue weighted by molar-refractivity contribution is -0.384. The molecule has 0 N–H and O–H groups in total. The molecule has 1 atom stereocenters. The van der Waals surface area contributed by atoms with Crippen LogP contribution in [-0.2, 0) is 9.53 Å². The molecule has 2 aromatic heterocycles. The second kappa shape index (κ2) is 10.6. The quantitative estimate of drug-likeness (QED) is 0.173. The van der Waals surface area contributed by atoms with Crippen molar-refractivity contribution in [3.8, 4) is 11.3 Å². The number of aromatic nitrogens is 1. The third-order valence-corrected chi connectivity index (χ3v) is 7.55. The zero-order valence-corrected chi connectivity index (χ0v) is 22.8. The summed E-state index contributed by atoms with van der Waals surface area (Å²) in [5.74, 6) is -0.0280. The van der Waals surface area contributed by atoms with Gasteiger partial charge in [-0.05, 0) is 49.8 Å². The van der Waals surface area contributed by atoms with Crippen LogP contribution < -0.4 is 14.9 Å². The van der Waals surface area contributed by atoms with E-state index in [0.29, 0.717) is 42.0 Å². The number of rotatable bonds is 6. The maximum Gasteiger partial charge on any atom is 0.338 e. The standard InChI is InChI=1S/C27H19Cl2N3O6S/c1-3-37-26(34)23-14(2)30-27-31(25(33)22(39-27)12-15-7-8-17(28)13-19(15)29)24(23)21-10-9-20(38-21)16-5-4-6-18(11-16)32(35)36/h4-13,24H,3H2,1-2H3/b22-12-/t24-/m1/s1. The third-order valence-electron chi connectivity index (χ3n) is 6.00. The molecule has 0 fully saturated rings. The number of furan rings is 1. The minimum absolute atomic E-state index is 0.0951. The Bertz CT molecular complexity index is 1850. The van der Waals surface area contributed by atoms with E-state index in [0.717, 1.165) is 11.3 Å². The van der Waals surface area contributed by atoms with Gasteiger partial charge in [0.15, 0.2) is 4.80 Å². The van der Waals surface area contributed by atoms with Crippen molar-refractivity contribution in [2.24, 2.45) is 4.99 Å². The summed E-state index contributed by atoms with van der Waals surface area (Å²) in [6.45, 7) is 3.47. The van der Waals surface area contributed by atoms with Crippen LogP contribution in [0.1, 0.15) is 31.2 Å². The maximum absolute atomic E-state index is 13.7. The molecule has 0 saturated carbocycles. The number of hydrogen-bond acceptors (Lipinski definition) is 8. The number of fused-ring (bicyclic) bond motifs is 1. The number of halogens is 2. The number of allylic oxidation sites excluding steroid dienone is 1. The summed E-state index contributed by atoms with van der Waals surface area (Å²) >= 11 is 13.5. The minimum Gasteiger partial charge on any atom is -0.463 e. The highest BCUT2D eigenvalue weighted by Crippen LogP contribution is 2.35. The van der Waals surface area contributed by atoms with E-state index in [1.807, 2.05) is 0 Å². The van der Waals surface area contributed by atoms with Crippen molar-refractivity contribution in [3.63, 3.8) is 0 Å². The van der Waals surface area contributed by atoms with Gasteiger partial charge in [0.2, 0.25) is 0 Å². The van der Waals surface area contributed by atoms with Crippen LogP contribution in [0.25, 0.3) is 17.4 Å². The number of thiazole rings is 1. The molecule has 1 aliphatic rings. The number of nitro groups is 1. The molecule has 12 heteroatoms. The molecule has 0 amide bonds. The molecule has 9 nitrogen and oxygen atoms in total. The summed E-state index contributed by atoms with van der Waals surface area (Å²) in [6, 6.07) is 13.2. The summed E-state index contributed by atoms with van der Waals surface area (Å²) < 4.78 is 13.1. The van der Waals surface area contributed by atoms with Gasteiger partial charge in [-0.2, -0.15) is 0 Å². The topological polar surface area (TPSA) is 117 Å². The number of benzene rings is 2. The molecule has 0 spiro atoms. The highest BCUT2D eigenvalue weighted by Gasteiger charge is 2.35. The van der Waals surface area contributed by atoms with Gasteiger partial charge in [0.05, 0.1) is 27.3 Å². The van der Waals surface area contributed by atoms with Gasteiger partial charge in [-0.25, -0.2) is 9.79 Å². The van der Waals surface area contributed by atoms with Crippen molar-refractivity contribution < 1.29 is 18.9 Å². The van der Waals surface area contributed by atoms with Crippen molar-refractivity contribution >= 4 is 52.3 Å². The van der Waals surface area contributed by atoms with Gasteiger partial charge < -0.3 is 9.15 Å². The molecule has 198 valence electrons. The third kappa shape index (κ3) is 5.06. The number of hydrogen-bond donors (Lipinski definition) is 0. The first kappa shape index (κ1) is 26.6. The average molecular weight is 584 g/mol. The Labute approximate surface area is 235 Å². The lowest BCUT2D eigenvalue weighted by Crippen LogP contribution is -2.39. The molecule has 0 saturated heterocycles. The number of carbonyl (C=O) groups is 1. The number of ether oxygens (including phenoxy) is 1. The molecule has 39 heavy (non-hydrogen) atoms. The van der Waals surface area contributed by atoms with Crippen LogP contribution in [-0.4, -0.2) is 22.1 Å². The highest BCUT2D eigenvalue weighted by atomic mass is 35.5. The molecule has 0 aliphatic carbocycles. The number of non-ortho nitro benzene ring substituents is 1. The predicted molar refractivity (Wildman–Crippen MR) is 148 cm³/mol. The Balaban J connectivity index is 1.69. The van der Waals surface area contributed by atoms with Crippen LogP contribution in [0.4, 0.5) is 5.69 Å². The summed E-state index contributed by atoms with van der Waals surface area (Å²) in [5, 5.41) is 12.1. The maximum atomic E-state index is 13.7. The number of nitrogens with zero attached hydrogens (tertiary/aromatic N) is 3. The van der Waals surface area contributed by atoms with Crippen LogP contribution in [0.2, 0.25) is 10.0 Å². The molecular formula is C27H19Cl2N3O6S. The van der Waals surface area contributed by atoms with Crippen LogP contribution in [0.15, 0.2) is 80.1 Å². The molecule has 3 heterocycles. The second-order valence-electron chi connectivity index (χ2n) is 8.48. The summed E-state index contributed by atoms with van der Waals surface area (Å²) in [4.78, 5) is 42.5. The molecule has 5 rings (SSSR count). The van der Waals surface area contributed by atoms with Gasteiger partial charge in [-0.1, -0.05) is 52.7 Å². The van der Waals surface area contributed by atoms with E-state index in [9.17, 15) is 19.7 Å². The molecule has 0 bridgehead atoms. The molecule has 1 aliphatic heterocycles. The van der Waals surface area contributed by atoms with E-state index in [2.05, 4.69) is 4.99 Å². The smallest absolute Gasteiger partial charge is 0.338 e. The zero-order valence-electron chi connectivity index (χ0n) is 20.5. The van der Waals surface area contributed by atoms with Gasteiger partial charge in [-0.3, -0.25) is 19.5 Å². The van der Waals surface area contributed by atoms with E-state index in [-0.39, 0.29) is 23.6 Å². The van der Waals surface area contributed by atoms with Crippen LogP contribution in [0.3, 0.4) is 0 Å². The Morgan fingerprint density at radius 2 is 2.03 bits per heavy atom. The van der Waals surface area contributed by atoms with E-state index < -0.39 is 22.5 Å². The van der Waals surface area contributed by atoms with Crippen molar-refractivity contribution in [2.45, 2.75) is 19.9 Å². The van der Waals surface area contributed by atoms with E-state index in [4.69, 9.17) is 32.4 Å². The van der Waals surface area contributed by atoms with E-state index in [1.165, 1.54) is 16.7 Å². The fourth-order valence-electron chi connectivity index (χ4n) is 4.25. The van der Waals surface area contributed by atoms with Gasteiger partial charge >= 0.3 is 5.97 Å². The van der Waals surface area contributed by atoms with Gasteiger partial charge in [0.25, 0.3) is 11.2 Å². The molecule has 0 radical (unpaired) electrons. The van der Waals surface area contributed by atoms with Gasteiger partial charge in [-0.15, -0.1) is 0 Å². The van der Waals surface area contributed by atoms with E-state index in [1.54, 1.807) is 62.4 Å². The van der Waals surface area contributed by atoms with Crippen molar-refractivity contribution in [1.82, 2.24) is 4.57 Å². The first-order chi connectivity index (χ1) is 18.7.